The van der Waals surface area contributed by atoms with E-state index in [-0.39, 0.29) is 0 Å². The van der Waals surface area contributed by atoms with Gasteiger partial charge in [0.15, 0.2) is 0 Å². The van der Waals surface area contributed by atoms with Crippen LogP contribution in [0.1, 0.15) is 78.6 Å². The normalized spacial score (nSPS) is 15.0. The molecular weight excluding hydrogens is 196 g/mol. The van der Waals surface area contributed by atoms with Crippen molar-refractivity contribution in [2.45, 2.75) is 84.6 Å². The van der Waals surface area contributed by atoms with E-state index in [1.54, 1.807) is 0 Å². The smallest absolute Gasteiger partial charge is 0.0236 e. The molecule has 0 aliphatic rings. The van der Waals surface area contributed by atoms with Crippen molar-refractivity contribution < 1.29 is 0 Å². The van der Waals surface area contributed by atoms with Crippen molar-refractivity contribution in [2.75, 3.05) is 0 Å². The van der Waals surface area contributed by atoms with Gasteiger partial charge in [-0.3, -0.25) is 11.3 Å². The zero-order valence-corrected chi connectivity index (χ0v) is 11.6. The van der Waals surface area contributed by atoms with Crippen LogP contribution in [0.15, 0.2) is 0 Å². The van der Waals surface area contributed by atoms with Gasteiger partial charge in [-0.05, 0) is 12.3 Å². The fourth-order valence-electron chi connectivity index (χ4n) is 2.14. The van der Waals surface area contributed by atoms with Crippen molar-refractivity contribution in [3.05, 3.63) is 0 Å². The Hall–Kier alpha value is -0.0800. The molecule has 0 aliphatic carbocycles. The predicted molar refractivity (Wildman–Crippen MR) is 73.2 cm³/mol. The Morgan fingerprint density at radius 1 is 0.938 bits per heavy atom. The molecule has 2 nitrogen and oxygen atoms in total. The van der Waals surface area contributed by atoms with Crippen molar-refractivity contribution in [1.82, 2.24) is 5.43 Å². The van der Waals surface area contributed by atoms with E-state index in [0.29, 0.717) is 12.0 Å². The molecule has 0 radical (unpaired) electrons. The second kappa shape index (κ2) is 11.4. The fourth-order valence-corrected chi connectivity index (χ4v) is 2.14. The van der Waals surface area contributed by atoms with E-state index in [0.717, 1.165) is 0 Å². The first kappa shape index (κ1) is 15.9. The van der Waals surface area contributed by atoms with Crippen molar-refractivity contribution in [2.24, 2.45) is 11.8 Å². The van der Waals surface area contributed by atoms with Crippen molar-refractivity contribution in [3.8, 4) is 0 Å². The van der Waals surface area contributed by atoms with Gasteiger partial charge in [-0.1, -0.05) is 72.1 Å². The predicted octanol–water partition coefficient (Wildman–Crippen LogP) is 4.01. The van der Waals surface area contributed by atoms with Crippen LogP contribution in [0.3, 0.4) is 0 Å². The van der Waals surface area contributed by atoms with Gasteiger partial charge in [-0.15, -0.1) is 0 Å². The topological polar surface area (TPSA) is 38.0 Å². The maximum Gasteiger partial charge on any atom is 0.0236 e. The summed E-state index contributed by atoms with van der Waals surface area (Å²) in [5.74, 6) is 6.28. The molecule has 0 aliphatic heterocycles. The number of unbranched alkanes of at least 4 members (excludes halogenated alkanes) is 6. The van der Waals surface area contributed by atoms with Gasteiger partial charge in [-0.25, -0.2) is 0 Å². The molecule has 98 valence electrons. The zero-order valence-electron chi connectivity index (χ0n) is 11.6. The number of rotatable bonds is 11. The van der Waals surface area contributed by atoms with Gasteiger partial charge in [0.05, 0.1) is 0 Å². The van der Waals surface area contributed by atoms with Gasteiger partial charge in [0.25, 0.3) is 0 Å². The van der Waals surface area contributed by atoms with Gasteiger partial charge in [0, 0.05) is 6.04 Å². The van der Waals surface area contributed by atoms with Crippen LogP contribution in [0, 0.1) is 5.92 Å². The molecule has 0 heterocycles. The van der Waals surface area contributed by atoms with Gasteiger partial charge in [0.2, 0.25) is 0 Å². The van der Waals surface area contributed by atoms with Crippen LogP contribution in [0.5, 0.6) is 0 Å². The number of nitrogens with one attached hydrogen (secondary N) is 1. The SMILES string of the molecule is CCCCCCCCCC(NN)C(C)CC. The zero-order chi connectivity index (χ0) is 12.2. The lowest BCUT2D eigenvalue weighted by Crippen LogP contribution is -2.39. The highest BCUT2D eigenvalue weighted by molar-refractivity contribution is 4.69. The Bertz CT molecular complexity index is 137. The minimum absolute atomic E-state index is 0.514. The maximum absolute atomic E-state index is 5.58. The fraction of sp³-hybridized carbons (Fsp3) is 1.00. The Balaban J connectivity index is 3.34. The van der Waals surface area contributed by atoms with Crippen LogP contribution in [-0.4, -0.2) is 6.04 Å². The molecule has 0 rings (SSSR count). The summed E-state index contributed by atoms with van der Waals surface area (Å²) in [6.07, 6.45) is 12.1. The molecule has 0 saturated heterocycles. The van der Waals surface area contributed by atoms with E-state index >= 15 is 0 Å². The molecule has 0 saturated carbocycles. The average Bonchev–Trinajstić information content (AvgIpc) is 2.32. The number of hydrogen-bond donors (Lipinski definition) is 2. The number of hydrazine groups is 1. The number of hydrogen-bond acceptors (Lipinski definition) is 2. The summed E-state index contributed by atoms with van der Waals surface area (Å²) in [6.45, 7) is 6.79. The van der Waals surface area contributed by atoms with E-state index in [9.17, 15) is 0 Å². The first-order chi connectivity index (χ1) is 7.76. The van der Waals surface area contributed by atoms with E-state index in [1.807, 2.05) is 0 Å². The van der Waals surface area contributed by atoms with E-state index < -0.39 is 0 Å². The van der Waals surface area contributed by atoms with Crippen molar-refractivity contribution in [1.29, 1.82) is 0 Å². The standard InChI is InChI=1S/C14H32N2/c1-4-6-7-8-9-10-11-12-14(16-15)13(3)5-2/h13-14,16H,4-12,15H2,1-3H3. The molecular formula is C14H32N2. The third-order valence-electron chi connectivity index (χ3n) is 3.66. The lowest BCUT2D eigenvalue weighted by atomic mass is 9.94. The van der Waals surface area contributed by atoms with Crippen molar-refractivity contribution >= 4 is 0 Å². The lowest BCUT2D eigenvalue weighted by Gasteiger charge is -2.21. The molecule has 0 aromatic rings. The van der Waals surface area contributed by atoms with Gasteiger partial charge < -0.3 is 0 Å². The maximum atomic E-state index is 5.58. The second-order valence-corrected chi connectivity index (χ2v) is 5.07. The highest BCUT2D eigenvalue weighted by atomic mass is 15.2. The van der Waals surface area contributed by atoms with Crippen molar-refractivity contribution in [3.63, 3.8) is 0 Å². The minimum atomic E-state index is 0.514. The molecule has 0 spiro atoms. The molecule has 0 bridgehead atoms. The highest BCUT2D eigenvalue weighted by Crippen LogP contribution is 2.15. The highest BCUT2D eigenvalue weighted by Gasteiger charge is 2.12. The first-order valence-electron chi connectivity index (χ1n) is 7.22. The largest absolute Gasteiger partial charge is 0.271 e. The first-order valence-corrected chi connectivity index (χ1v) is 7.22. The quantitative estimate of drug-likeness (QED) is 0.318. The molecule has 0 aromatic carbocycles. The van der Waals surface area contributed by atoms with E-state index in [4.69, 9.17) is 5.84 Å². The Morgan fingerprint density at radius 3 is 2.00 bits per heavy atom. The van der Waals surface area contributed by atoms with Crippen LogP contribution in [-0.2, 0) is 0 Å². The second-order valence-electron chi connectivity index (χ2n) is 5.07. The molecule has 0 fully saturated rings. The number of nitrogens with two attached hydrogens (primary N) is 1. The van der Waals surface area contributed by atoms with Gasteiger partial charge in [0.1, 0.15) is 0 Å². The molecule has 0 amide bonds. The van der Waals surface area contributed by atoms with Crippen LogP contribution in [0.4, 0.5) is 0 Å². The average molecular weight is 228 g/mol. The molecule has 16 heavy (non-hydrogen) atoms. The van der Waals surface area contributed by atoms with Gasteiger partial charge >= 0.3 is 0 Å². The van der Waals surface area contributed by atoms with E-state index in [2.05, 4.69) is 26.2 Å². The minimum Gasteiger partial charge on any atom is -0.271 e. The Morgan fingerprint density at radius 2 is 1.50 bits per heavy atom. The van der Waals surface area contributed by atoms with Crippen LogP contribution < -0.4 is 11.3 Å². The summed E-state index contributed by atoms with van der Waals surface area (Å²) in [4.78, 5) is 0. The molecule has 2 unspecified atom stereocenters. The molecule has 0 aromatic heterocycles. The monoisotopic (exact) mass is 228 g/mol. The Labute approximate surface area is 102 Å². The molecule has 3 N–H and O–H groups in total. The van der Waals surface area contributed by atoms with Crippen LogP contribution >= 0.6 is 0 Å². The third-order valence-corrected chi connectivity index (χ3v) is 3.66. The van der Waals surface area contributed by atoms with Crippen LogP contribution in [0.25, 0.3) is 0 Å². The van der Waals surface area contributed by atoms with E-state index in [1.165, 1.54) is 57.8 Å². The summed E-state index contributed by atoms with van der Waals surface area (Å²) < 4.78 is 0. The molecule has 2 atom stereocenters. The summed E-state index contributed by atoms with van der Waals surface area (Å²) in [5, 5.41) is 0. The van der Waals surface area contributed by atoms with Crippen LogP contribution in [0.2, 0.25) is 0 Å². The van der Waals surface area contributed by atoms with Gasteiger partial charge in [-0.2, -0.15) is 0 Å². The summed E-state index contributed by atoms with van der Waals surface area (Å²) in [6, 6.07) is 0.514. The summed E-state index contributed by atoms with van der Waals surface area (Å²) in [7, 11) is 0. The third kappa shape index (κ3) is 8.12. The Kier molecular flexibility index (Phi) is 11.3. The summed E-state index contributed by atoms with van der Waals surface area (Å²) in [5.41, 5.74) is 2.96. The molecule has 2 heteroatoms. The summed E-state index contributed by atoms with van der Waals surface area (Å²) >= 11 is 0. The lowest BCUT2D eigenvalue weighted by molar-refractivity contribution is 0.341.